The first kappa shape index (κ1) is 9.51. The molecule has 0 aliphatic carbocycles. The second kappa shape index (κ2) is 3.89. The summed E-state index contributed by atoms with van der Waals surface area (Å²) >= 11 is 5.76. The molecule has 3 N–H and O–H groups in total. The van der Waals surface area contributed by atoms with Crippen molar-refractivity contribution in [3.63, 3.8) is 0 Å². The topological polar surface area (TPSA) is 64.1 Å². The summed E-state index contributed by atoms with van der Waals surface area (Å²) in [5, 5.41) is 9.69. The van der Waals surface area contributed by atoms with Gasteiger partial charge in [-0.2, -0.15) is 0 Å². The van der Waals surface area contributed by atoms with Gasteiger partial charge >= 0.3 is 0 Å². The molecule has 0 aliphatic heterocycles. The van der Waals surface area contributed by atoms with Gasteiger partial charge in [0.25, 0.3) is 0 Å². The van der Waals surface area contributed by atoms with Crippen molar-refractivity contribution in [1.82, 2.24) is 9.55 Å². The number of aryl methyl sites for hydroxylation is 1. The smallest absolute Gasteiger partial charge is 0.150 e. The largest absolute Gasteiger partial charge is 0.391 e. The number of aliphatic hydroxyl groups excluding tert-OH is 1. The van der Waals surface area contributed by atoms with Gasteiger partial charge in [0.2, 0.25) is 0 Å². The molecule has 1 atom stereocenters. The second-order valence-electron chi connectivity index (χ2n) is 2.69. The van der Waals surface area contributed by atoms with E-state index in [2.05, 4.69) is 4.98 Å². The van der Waals surface area contributed by atoms with Crippen LogP contribution in [0, 0.1) is 0 Å². The number of hydrogen-bond donors (Lipinski definition) is 2. The number of nitrogens with two attached hydrogens (primary N) is 1. The van der Waals surface area contributed by atoms with E-state index in [1.54, 1.807) is 10.9 Å². The maximum atomic E-state index is 9.25. The zero-order valence-corrected chi connectivity index (χ0v) is 7.62. The van der Waals surface area contributed by atoms with Gasteiger partial charge < -0.3 is 15.4 Å². The zero-order chi connectivity index (χ0) is 9.14. The first-order valence-corrected chi connectivity index (χ1v) is 4.06. The minimum atomic E-state index is -0.544. The van der Waals surface area contributed by atoms with Crippen LogP contribution in [0.3, 0.4) is 0 Å². The van der Waals surface area contributed by atoms with Crippen LogP contribution < -0.4 is 5.73 Å². The molecule has 12 heavy (non-hydrogen) atoms. The maximum absolute atomic E-state index is 9.25. The SMILES string of the molecule is Cn1cnc(Cl)c1CC(O)CN. The molecule has 5 heteroatoms. The van der Waals surface area contributed by atoms with Crippen LogP contribution in [0.25, 0.3) is 0 Å². The summed E-state index contributed by atoms with van der Waals surface area (Å²) in [7, 11) is 1.83. The van der Waals surface area contributed by atoms with E-state index < -0.39 is 6.10 Å². The third kappa shape index (κ3) is 1.97. The van der Waals surface area contributed by atoms with Crippen LogP contribution in [-0.4, -0.2) is 27.3 Å². The van der Waals surface area contributed by atoms with Crippen LogP contribution >= 0.6 is 11.6 Å². The predicted molar refractivity (Wildman–Crippen MR) is 47.0 cm³/mol. The molecule has 0 aromatic carbocycles. The minimum Gasteiger partial charge on any atom is -0.391 e. The molecule has 0 aliphatic rings. The molecule has 0 spiro atoms. The molecule has 1 rings (SSSR count). The molecule has 1 aromatic heterocycles. The van der Waals surface area contributed by atoms with Crippen molar-refractivity contribution in [3.05, 3.63) is 17.2 Å². The van der Waals surface area contributed by atoms with Crippen molar-refractivity contribution in [3.8, 4) is 0 Å². The van der Waals surface area contributed by atoms with Crippen LogP contribution in [0.1, 0.15) is 5.69 Å². The predicted octanol–water partition coefficient (Wildman–Crippen LogP) is -0.0644. The van der Waals surface area contributed by atoms with Crippen LogP contribution in [0.2, 0.25) is 5.15 Å². The molecule has 0 fully saturated rings. The Balaban J connectivity index is 2.73. The van der Waals surface area contributed by atoms with Crippen LogP contribution in [0.4, 0.5) is 0 Å². The summed E-state index contributed by atoms with van der Waals surface area (Å²) in [5.41, 5.74) is 6.08. The Morgan fingerprint density at radius 2 is 2.50 bits per heavy atom. The fourth-order valence-electron chi connectivity index (χ4n) is 0.962. The van der Waals surface area contributed by atoms with Gasteiger partial charge in [-0.15, -0.1) is 0 Å². The molecule has 0 saturated carbocycles. The third-order valence-corrected chi connectivity index (χ3v) is 2.02. The molecule has 68 valence electrons. The molecule has 1 unspecified atom stereocenters. The van der Waals surface area contributed by atoms with Crippen molar-refractivity contribution >= 4 is 11.6 Å². The fraction of sp³-hybridized carbons (Fsp3) is 0.571. The molecule has 0 radical (unpaired) electrons. The van der Waals surface area contributed by atoms with E-state index in [1.165, 1.54) is 0 Å². The zero-order valence-electron chi connectivity index (χ0n) is 6.87. The lowest BCUT2D eigenvalue weighted by Crippen LogP contribution is -2.23. The fourth-order valence-corrected chi connectivity index (χ4v) is 1.22. The van der Waals surface area contributed by atoms with Gasteiger partial charge in [0.1, 0.15) is 5.15 Å². The van der Waals surface area contributed by atoms with E-state index in [-0.39, 0.29) is 6.54 Å². The highest BCUT2D eigenvalue weighted by Gasteiger charge is 2.10. The number of imidazole rings is 1. The maximum Gasteiger partial charge on any atom is 0.150 e. The Morgan fingerprint density at radius 1 is 1.83 bits per heavy atom. The van der Waals surface area contributed by atoms with Gasteiger partial charge in [0.15, 0.2) is 0 Å². The summed E-state index contributed by atoms with van der Waals surface area (Å²) in [5.74, 6) is 0. The Labute approximate surface area is 76.0 Å². The number of nitrogens with zero attached hydrogens (tertiary/aromatic N) is 2. The highest BCUT2D eigenvalue weighted by Crippen LogP contribution is 2.13. The van der Waals surface area contributed by atoms with E-state index >= 15 is 0 Å². The first-order valence-electron chi connectivity index (χ1n) is 3.69. The highest BCUT2D eigenvalue weighted by atomic mass is 35.5. The van der Waals surface area contributed by atoms with Gasteiger partial charge in [-0.05, 0) is 0 Å². The highest BCUT2D eigenvalue weighted by molar-refractivity contribution is 6.30. The minimum absolute atomic E-state index is 0.238. The Hall–Kier alpha value is -0.580. The normalized spacial score (nSPS) is 13.3. The molecule has 1 heterocycles. The van der Waals surface area contributed by atoms with Gasteiger partial charge in [0.05, 0.1) is 18.1 Å². The van der Waals surface area contributed by atoms with E-state index in [0.717, 1.165) is 5.69 Å². The monoisotopic (exact) mass is 189 g/mol. The summed E-state index contributed by atoms with van der Waals surface area (Å²) in [4.78, 5) is 3.88. The number of hydrogen-bond acceptors (Lipinski definition) is 3. The number of halogens is 1. The molecular formula is C7H12ClN3O. The first-order chi connectivity index (χ1) is 5.65. The van der Waals surface area contributed by atoms with Crippen LogP contribution in [0.15, 0.2) is 6.33 Å². The number of rotatable bonds is 3. The van der Waals surface area contributed by atoms with Crippen molar-refractivity contribution < 1.29 is 5.11 Å². The molecular weight excluding hydrogens is 178 g/mol. The molecule has 1 aromatic rings. The summed E-state index contributed by atoms with van der Waals surface area (Å²) in [6.07, 6.45) is 1.52. The lowest BCUT2D eigenvalue weighted by molar-refractivity contribution is 0.181. The van der Waals surface area contributed by atoms with Crippen molar-refractivity contribution in [1.29, 1.82) is 0 Å². The molecule has 4 nitrogen and oxygen atoms in total. The van der Waals surface area contributed by atoms with Gasteiger partial charge in [-0.1, -0.05) is 11.6 Å². The Morgan fingerprint density at radius 3 is 2.92 bits per heavy atom. The number of aromatic nitrogens is 2. The standard InChI is InChI=1S/C7H12ClN3O/c1-11-4-10-7(8)6(11)2-5(12)3-9/h4-5,12H,2-3,9H2,1H3. The summed E-state index contributed by atoms with van der Waals surface area (Å²) in [6.45, 7) is 0.238. The lowest BCUT2D eigenvalue weighted by Gasteiger charge is -2.07. The average Bonchev–Trinajstić information content (AvgIpc) is 2.35. The van der Waals surface area contributed by atoms with Gasteiger partial charge in [-0.25, -0.2) is 4.98 Å². The van der Waals surface area contributed by atoms with Crippen molar-refractivity contribution in [2.75, 3.05) is 6.54 Å². The van der Waals surface area contributed by atoms with E-state index in [0.29, 0.717) is 11.6 Å². The molecule has 0 amide bonds. The Kier molecular flexibility index (Phi) is 3.08. The van der Waals surface area contributed by atoms with E-state index in [1.807, 2.05) is 7.05 Å². The quantitative estimate of drug-likeness (QED) is 0.700. The van der Waals surface area contributed by atoms with E-state index in [9.17, 15) is 5.11 Å². The summed E-state index contributed by atoms with van der Waals surface area (Å²) in [6, 6.07) is 0. The van der Waals surface area contributed by atoms with Crippen molar-refractivity contribution in [2.45, 2.75) is 12.5 Å². The van der Waals surface area contributed by atoms with Crippen LogP contribution in [-0.2, 0) is 13.5 Å². The molecule has 0 saturated heterocycles. The van der Waals surface area contributed by atoms with Gasteiger partial charge in [-0.3, -0.25) is 0 Å². The Bertz CT molecular complexity index is 242. The van der Waals surface area contributed by atoms with Crippen molar-refractivity contribution in [2.24, 2.45) is 12.8 Å². The van der Waals surface area contributed by atoms with E-state index in [4.69, 9.17) is 17.3 Å². The third-order valence-electron chi connectivity index (χ3n) is 1.71. The lowest BCUT2D eigenvalue weighted by atomic mass is 10.2. The van der Waals surface area contributed by atoms with Crippen LogP contribution in [0.5, 0.6) is 0 Å². The number of aliphatic hydroxyl groups is 1. The van der Waals surface area contributed by atoms with Gasteiger partial charge in [0, 0.05) is 20.0 Å². The average molecular weight is 190 g/mol. The summed E-state index contributed by atoms with van der Waals surface area (Å²) < 4.78 is 1.78. The molecule has 0 bridgehead atoms. The second-order valence-corrected chi connectivity index (χ2v) is 3.04.